The van der Waals surface area contributed by atoms with Crippen LogP contribution in [-0.4, -0.2) is 15.7 Å². The lowest BCUT2D eigenvalue weighted by Gasteiger charge is -2.04. The summed E-state index contributed by atoms with van der Waals surface area (Å²) in [5.41, 5.74) is 0.508. The third-order valence-electron chi connectivity index (χ3n) is 4.24. The number of rotatable bonds is 7. The van der Waals surface area contributed by atoms with Gasteiger partial charge in [0.25, 0.3) is 5.91 Å². The van der Waals surface area contributed by atoms with Gasteiger partial charge in [-0.1, -0.05) is 35.9 Å². The second kappa shape index (κ2) is 8.84. The molecular weight excluding hydrogens is 409 g/mol. The number of anilines is 1. The van der Waals surface area contributed by atoms with Crippen molar-refractivity contribution < 1.29 is 18.3 Å². The lowest BCUT2D eigenvalue weighted by atomic mass is 10.2. The van der Waals surface area contributed by atoms with Crippen LogP contribution in [0.2, 0.25) is 5.02 Å². The molecule has 0 aliphatic heterocycles. The third kappa shape index (κ3) is 4.87. The van der Waals surface area contributed by atoms with Crippen LogP contribution >= 0.6 is 11.6 Å². The Bertz CT molecular complexity index is 1170. The number of ether oxygens (including phenoxy) is 1. The average Bonchev–Trinajstić information content (AvgIpc) is 3.38. The summed E-state index contributed by atoms with van der Waals surface area (Å²) in [6.45, 7) is 0.416. The van der Waals surface area contributed by atoms with Crippen molar-refractivity contribution in [2.75, 3.05) is 5.32 Å². The first-order valence-corrected chi connectivity index (χ1v) is 9.50. The first kappa shape index (κ1) is 19.7. The number of nitrogens with zero attached hydrogens (tertiary/aromatic N) is 2. The Kier molecular flexibility index (Phi) is 5.81. The number of amides is 1. The van der Waals surface area contributed by atoms with Crippen LogP contribution in [0.4, 0.5) is 10.2 Å². The van der Waals surface area contributed by atoms with Crippen molar-refractivity contribution in [1.29, 1.82) is 0 Å². The van der Waals surface area contributed by atoms with E-state index in [1.165, 1.54) is 6.07 Å². The number of furan rings is 1. The molecule has 0 fully saturated rings. The van der Waals surface area contributed by atoms with Crippen LogP contribution < -0.4 is 10.1 Å². The second-order valence-electron chi connectivity index (χ2n) is 6.46. The maximum atomic E-state index is 13.8. The minimum Gasteiger partial charge on any atom is -0.486 e. The van der Waals surface area contributed by atoms with Gasteiger partial charge in [-0.25, -0.2) is 4.39 Å². The van der Waals surface area contributed by atoms with E-state index in [0.717, 1.165) is 0 Å². The number of hydrogen-bond acceptors (Lipinski definition) is 4. The highest BCUT2D eigenvalue weighted by Crippen LogP contribution is 2.19. The van der Waals surface area contributed by atoms with Crippen molar-refractivity contribution in [3.05, 3.63) is 101 Å². The molecule has 2 aromatic heterocycles. The summed E-state index contributed by atoms with van der Waals surface area (Å²) < 4.78 is 26.4. The molecule has 6 nitrogen and oxygen atoms in total. The zero-order valence-corrected chi connectivity index (χ0v) is 16.5. The van der Waals surface area contributed by atoms with Gasteiger partial charge in [0.1, 0.15) is 23.9 Å². The van der Waals surface area contributed by atoms with E-state index in [-0.39, 0.29) is 24.7 Å². The molecule has 1 amide bonds. The van der Waals surface area contributed by atoms with Crippen LogP contribution in [0.5, 0.6) is 5.75 Å². The van der Waals surface area contributed by atoms with Gasteiger partial charge in [-0.15, -0.1) is 0 Å². The van der Waals surface area contributed by atoms with Gasteiger partial charge in [0.05, 0.1) is 6.54 Å². The molecule has 0 aliphatic rings. The monoisotopic (exact) mass is 425 g/mol. The average molecular weight is 426 g/mol. The fourth-order valence-corrected chi connectivity index (χ4v) is 2.96. The van der Waals surface area contributed by atoms with E-state index >= 15 is 0 Å². The zero-order chi connectivity index (χ0) is 20.9. The molecule has 1 N–H and O–H groups in total. The van der Waals surface area contributed by atoms with Crippen molar-refractivity contribution in [2.45, 2.75) is 13.2 Å². The maximum absolute atomic E-state index is 13.8. The predicted octanol–water partition coefficient (Wildman–Crippen LogP) is 5.15. The molecule has 30 heavy (non-hydrogen) atoms. The van der Waals surface area contributed by atoms with Crippen LogP contribution in [0.25, 0.3) is 0 Å². The van der Waals surface area contributed by atoms with Crippen molar-refractivity contribution in [3.8, 4) is 5.75 Å². The summed E-state index contributed by atoms with van der Waals surface area (Å²) in [7, 11) is 0. The van der Waals surface area contributed by atoms with Crippen LogP contribution in [0.1, 0.15) is 21.9 Å². The Balaban J connectivity index is 1.34. The van der Waals surface area contributed by atoms with Gasteiger partial charge in [-0.2, -0.15) is 5.10 Å². The number of hydrogen-bond donors (Lipinski definition) is 1. The van der Waals surface area contributed by atoms with Crippen molar-refractivity contribution >= 4 is 23.3 Å². The molecule has 0 bridgehead atoms. The molecule has 4 rings (SSSR count). The van der Waals surface area contributed by atoms with E-state index in [1.54, 1.807) is 71.5 Å². The third-order valence-corrected chi connectivity index (χ3v) is 4.47. The number of carbonyl (C=O) groups is 1. The first-order valence-electron chi connectivity index (χ1n) is 9.12. The second-order valence-corrected chi connectivity index (χ2v) is 6.89. The van der Waals surface area contributed by atoms with Crippen LogP contribution in [-0.2, 0) is 13.2 Å². The molecule has 0 atom stereocenters. The molecule has 0 saturated carbocycles. The summed E-state index contributed by atoms with van der Waals surface area (Å²) >= 11 is 5.92. The number of aromatic nitrogens is 2. The van der Waals surface area contributed by atoms with E-state index in [2.05, 4.69) is 10.4 Å². The SMILES string of the molecule is O=C(Nc1ccn(Cc2ccccc2F)n1)c1ccc(COc2cccc(Cl)c2)o1. The number of carbonyl (C=O) groups excluding carboxylic acids is 1. The van der Waals surface area contributed by atoms with Gasteiger partial charge >= 0.3 is 0 Å². The number of benzene rings is 2. The highest BCUT2D eigenvalue weighted by atomic mass is 35.5. The predicted molar refractivity (Wildman–Crippen MR) is 110 cm³/mol. The molecular formula is C22H17ClFN3O3. The van der Waals surface area contributed by atoms with Crippen LogP contribution in [0, 0.1) is 5.82 Å². The first-order chi connectivity index (χ1) is 14.6. The normalized spacial score (nSPS) is 10.7. The van der Waals surface area contributed by atoms with E-state index in [1.807, 2.05) is 0 Å². The standard InChI is InChI=1S/C22H17ClFN3O3/c23-16-5-3-6-17(12-16)29-14-18-8-9-20(30-18)22(28)25-21-10-11-27(26-21)13-15-4-1-2-7-19(15)24/h1-12H,13-14H2,(H,25,26,28). The zero-order valence-electron chi connectivity index (χ0n) is 15.7. The van der Waals surface area contributed by atoms with Gasteiger partial charge in [0, 0.05) is 22.8 Å². The highest BCUT2D eigenvalue weighted by Gasteiger charge is 2.14. The van der Waals surface area contributed by atoms with E-state index in [0.29, 0.717) is 27.9 Å². The topological polar surface area (TPSA) is 69.3 Å². The highest BCUT2D eigenvalue weighted by molar-refractivity contribution is 6.30. The Morgan fingerprint density at radius 3 is 2.83 bits per heavy atom. The van der Waals surface area contributed by atoms with Crippen LogP contribution in [0.15, 0.2) is 77.3 Å². The molecule has 2 aromatic carbocycles. The summed E-state index contributed by atoms with van der Waals surface area (Å²) in [4.78, 5) is 12.4. The molecule has 0 saturated heterocycles. The van der Waals surface area contributed by atoms with Gasteiger partial charge in [0.15, 0.2) is 11.6 Å². The van der Waals surface area contributed by atoms with E-state index < -0.39 is 5.91 Å². The van der Waals surface area contributed by atoms with Gasteiger partial charge in [-0.05, 0) is 36.4 Å². The molecule has 152 valence electrons. The van der Waals surface area contributed by atoms with Crippen LogP contribution in [0.3, 0.4) is 0 Å². The van der Waals surface area contributed by atoms with E-state index in [9.17, 15) is 9.18 Å². The quantitative estimate of drug-likeness (QED) is 0.444. The number of halogens is 2. The minimum absolute atomic E-state index is 0.128. The lowest BCUT2D eigenvalue weighted by Crippen LogP contribution is -2.12. The van der Waals surface area contributed by atoms with Crippen molar-refractivity contribution in [2.24, 2.45) is 0 Å². The minimum atomic E-state index is -0.444. The Morgan fingerprint density at radius 2 is 2.00 bits per heavy atom. The smallest absolute Gasteiger partial charge is 0.292 e. The molecule has 0 radical (unpaired) electrons. The summed E-state index contributed by atoms with van der Waals surface area (Å²) in [6.07, 6.45) is 1.66. The molecule has 2 heterocycles. The molecule has 4 aromatic rings. The van der Waals surface area contributed by atoms with Crippen molar-refractivity contribution in [3.63, 3.8) is 0 Å². The molecule has 0 spiro atoms. The maximum Gasteiger partial charge on any atom is 0.292 e. The van der Waals surface area contributed by atoms with Gasteiger partial charge in [0.2, 0.25) is 0 Å². The fraction of sp³-hybridized carbons (Fsp3) is 0.0909. The Morgan fingerprint density at radius 1 is 1.13 bits per heavy atom. The van der Waals surface area contributed by atoms with E-state index in [4.69, 9.17) is 20.8 Å². The summed E-state index contributed by atoms with van der Waals surface area (Å²) in [5.74, 6) is 0.810. The van der Waals surface area contributed by atoms with Gasteiger partial charge in [-0.3, -0.25) is 9.48 Å². The Labute approximate surface area is 176 Å². The Hall–Kier alpha value is -3.58. The summed E-state index contributed by atoms with van der Waals surface area (Å²) in [6, 6.07) is 18.3. The number of nitrogens with one attached hydrogen (secondary N) is 1. The summed E-state index contributed by atoms with van der Waals surface area (Å²) in [5, 5.41) is 7.47. The lowest BCUT2D eigenvalue weighted by molar-refractivity contribution is 0.0992. The fourth-order valence-electron chi connectivity index (χ4n) is 2.78. The van der Waals surface area contributed by atoms with Gasteiger partial charge < -0.3 is 14.5 Å². The molecule has 0 unspecified atom stereocenters. The largest absolute Gasteiger partial charge is 0.486 e. The van der Waals surface area contributed by atoms with Crippen molar-refractivity contribution in [1.82, 2.24) is 9.78 Å². The molecule has 0 aliphatic carbocycles. The molecule has 8 heteroatoms.